The van der Waals surface area contributed by atoms with Crippen molar-refractivity contribution in [2.75, 3.05) is 6.54 Å². The van der Waals surface area contributed by atoms with Gasteiger partial charge in [-0.2, -0.15) is 0 Å². The van der Waals surface area contributed by atoms with Crippen LogP contribution in [0.25, 0.3) is 11.1 Å². The largest absolute Gasteiger partial charge is 0.330 e. The van der Waals surface area contributed by atoms with Crippen LogP contribution in [0.3, 0.4) is 0 Å². The molecule has 21 heavy (non-hydrogen) atoms. The van der Waals surface area contributed by atoms with Gasteiger partial charge in [0.1, 0.15) is 0 Å². The number of carbonyl (C=O) groups is 1. The van der Waals surface area contributed by atoms with E-state index in [0.29, 0.717) is 12.5 Å². The fourth-order valence-corrected chi connectivity index (χ4v) is 2.57. The molecule has 0 saturated carbocycles. The molecule has 0 spiro atoms. The number of ketones is 1. The van der Waals surface area contributed by atoms with Crippen LogP contribution in [0.4, 0.5) is 0 Å². The molecule has 2 aromatic carbocycles. The summed E-state index contributed by atoms with van der Waals surface area (Å²) in [5.74, 6) is 0.560. The third-order valence-corrected chi connectivity index (χ3v) is 3.69. The first kappa shape index (κ1) is 15.5. The van der Waals surface area contributed by atoms with Crippen molar-refractivity contribution in [3.8, 4) is 11.1 Å². The standard InChI is InChI=1S/C19H23NO/c1-14(2)12-18(13-20)19(21)17-10-8-16(9-11-17)15-6-4-3-5-7-15/h3-11,14,18H,12-13,20H2,1-2H3. The van der Waals surface area contributed by atoms with Crippen molar-refractivity contribution in [2.24, 2.45) is 17.6 Å². The number of rotatable bonds is 6. The summed E-state index contributed by atoms with van der Waals surface area (Å²) in [6, 6.07) is 18.0. The normalized spacial score (nSPS) is 12.4. The summed E-state index contributed by atoms with van der Waals surface area (Å²) in [5.41, 5.74) is 8.80. The lowest BCUT2D eigenvalue weighted by atomic mass is 9.89. The van der Waals surface area contributed by atoms with E-state index in [-0.39, 0.29) is 11.7 Å². The maximum atomic E-state index is 12.5. The van der Waals surface area contributed by atoms with Gasteiger partial charge in [0.05, 0.1) is 0 Å². The highest BCUT2D eigenvalue weighted by Crippen LogP contribution is 2.22. The fraction of sp³-hybridized carbons (Fsp3) is 0.316. The van der Waals surface area contributed by atoms with Crippen LogP contribution >= 0.6 is 0 Å². The number of benzene rings is 2. The molecule has 0 heterocycles. The molecule has 2 heteroatoms. The van der Waals surface area contributed by atoms with Crippen molar-refractivity contribution < 1.29 is 4.79 Å². The summed E-state index contributed by atoms with van der Waals surface area (Å²) in [6.07, 6.45) is 0.843. The van der Waals surface area contributed by atoms with E-state index in [2.05, 4.69) is 26.0 Å². The van der Waals surface area contributed by atoms with Crippen LogP contribution in [0.1, 0.15) is 30.6 Å². The van der Waals surface area contributed by atoms with E-state index in [9.17, 15) is 4.79 Å². The van der Waals surface area contributed by atoms with Crippen LogP contribution < -0.4 is 5.73 Å². The van der Waals surface area contributed by atoms with Crippen molar-refractivity contribution in [3.05, 3.63) is 60.2 Å². The number of carbonyl (C=O) groups excluding carboxylic acids is 1. The zero-order chi connectivity index (χ0) is 15.2. The van der Waals surface area contributed by atoms with Gasteiger partial charge in [-0.1, -0.05) is 68.4 Å². The van der Waals surface area contributed by atoms with E-state index < -0.39 is 0 Å². The van der Waals surface area contributed by atoms with Gasteiger partial charge < -0.3 is 5.73 Å². The highest BCUT2D eigenvalue weighted by molar-refractivity contribution is 5.98. The molecule has 0 aliphatic carbocycles. The maximum Gasteiger partial charge on any atom is 0.167 e. The van der Waals surface area contributed by atoms with Crippen LogP contribution in [0, 0.1) is 11.8 Å². The lowest BCUT2D eigenvalue weighted by Gasteiger charge is -2.16. The molecule has 0 aliphatic heterocycles. The first-order valence-electron chi connectivity index (χ1n) is 7.51. The van der Waals surface area contributed by atoms with Crippen LogP contribution in [-0.4, -0.2) is 12.3 Å². The molecule has 2 rings (SSSR count). The molecular weight excluding hydrogens is 258 g/mol. The quantitative estimate of drug-likeness (QED) is 0.808. The van der Waals surface area contributed by atoms with Crippen molar-refractivity contribution in [1.82, 2.24) is 0 Å². The fourth-order valence-electron chi connectivity index (χ4n) is 2.57. The van der Waals surface area contributed by atoms with Crippen molar-refractivity contribution in [2.45, 2.75) is 20.3 Å². The highest BCUT2D eigenvalue weighted by atomic mass is 16.1. The van der Waals surface area contributed by atoms with E-state index in [0.717, 1.165) is 23.1 Å². The molecule has 2 N–H and O–H groups in total. The number of nitrogens with two attached hydrogens (primary N) is 1. The van der Waals surface area contributed by atoms with Gasteiger partial charge in [-0.3, -0.25) is 4.79 Å². The smallest absolute Gasteiger partial charge is 0.167 e. The second-order valence-electron chi connectivity index (χ2n) is 5.87. The third-order valence-electron chi connectivity index (χ3n) is 3.69. The van der Waals surface area contributed by atoms with Crippen LogP contribution in [0.15, 0.2) is 54.6 Å². The van der Waals surface area contributed by atoms with Crippen molar-refractivity contribution >= 4 is 5.78 Å². The number of hydrogen-bond donors (Lipinski definition) is 1. The minimum absolute atomic E-state index is 0.0763. The zero-order valence-electron chi connectivity index (χ0n) is 12.8. The minimum atomic E-state index is -0.0763. The average molecular weight is 281 g/mol. The molecular formula is C19H23NO. The Morgan fingerprint density at radius 3 is 2.05 bits per heavy atom. The van der Waals surface area contributed by atoms with E-state index >= 15 is 0 Å². The third kappa shape index (κ3) is 4.02. The topological polar surface area (TPSA) is 43.1 Å². The second-order valence-corrected chi connectivity index (χ2v) is 5.87. The Morgan fingerprint density at radius 2 is 1.52 bits per heavy atom. The van der Waals surface area contributed by atoms with Gasteiger partial charge in [0.2, 0.25) is 0 Å². The highest BCUT2D eigenvalue weighted by Gasteiger charge is 2.19. The maximum absolute atomic E-state index is 12.5. The first-order chi connectivity index (χ1) is 10.1. The van der Waals surface area contributed by atoms with E-state index in [1.165, 1.54) is 0 Å². The summed E-state index contributed by atoms with van der Waals surface area (Å²) in [5, 5.41) is 0. The Hall–Kier alpha value is -1.93. The SMILES string of the molecule is CC(C)CC(CN)C(=O)c1ccc(-c2ccccc2)cc1. The zero-order valence-corrected chi connectivity index (χ0v) is 12.8. The Bertz CT molecular complexity index is 572. The molecule has 1 atom stereocenters. The molecule has 0 radical (unpaired) electrons. The van der Waals surface area contributed by atoms with Gasteiger partial charge >= 0.3 is 0 Å². The van der Waals surface area contributed by atoms with Gasteiger partial charge in [-0.15, -0.1) is 0 Å². The molecule has 2 nitrogen and oxygen atoms in total. The summed E-state index contributed by atoms with van der Waals surface area (Å²) < 4.78 is 0. The van der Waals surface area contributed by atoms with Gasteiger partial charge in [-0.25, -0.2) is 0 Å². The Morgan fingerprint density at radius 1 is 0.952 bits per heavy atom. The monoisotopic (exact) mass is 281 g/mol. The van der Waals surface area contributed by atoms with Crippen molar-refractivity contribution in [1.29, 1.82) is 0 Å². The molecule has 1 unspecified atom stereocenters. The first-order valence-corrected chi connectivity index (χ1v) is 7.51. The van der Waals surface area contributed by atoms with Crippen molar-refractivity contribution in [3.63, 3.8) is 0 Å². The van der Waals surface area contributed by atoms with Crippen LogP contribution in [-0.2, 0) is 0 Å². The summed E-state index contributed by atoms with van der Waals surface area (Å²) >= 11 is 0. The van der Waals surface area contributed by atoms with Gasteiger partial charge in [0.25, 0.3) is 0 Å². The summed E-state index contributed by atoms with van der Waals surface area (Å²) in [4.78, 5) is 12.5. The molecule has 0 fully saturated rings. The van der Waals surface area contributed by atoms with E-state index in [4.69, 9.17) is 5.73 Å². The van der Waals surface area contributed by atoms with E-state index in [1.807, 2.05) is 42.5 Å². The molecule has 0 aliphatic rings. The summed E-state index contributed by atoms with van der Waals surface area (Å²) in [7, 11) is 0. The molecule has 2 aromatic rings. The molecule has 0 aromatic heterocycles. The van der Waals surface area contributed by atoms with Crippen LogP contribution in [0.2, 0.25) is 0 Å². The van der Waals surface area contributed by atoms with Crippen LogP contribution in [0.5, 0.6) is 0 Å². The van der Waals surface area contributed by atoms with E-state index in [1.54, 1.807) is 0 Å². The van der Waals surface area contributed by atoms with Gasteiger partial charge in [-0.05, 0) is 23.5 Å². The molecule has 110 valence electrons. The Kier molecular flexibility index (Phi) is 5.29. The van der Waals surface area contributed by atoms with Gasteiger partial charge in [0.15, 0.2) is 5.78 Å². The molecule has 0 saturated heterocycles. The average Bonchev–Trinajstić information content (AvgIpc) is 2.53. The lowest BCUT2D eigenvalue weighted by molar-refractivity contribution is 0.0909. The Balaban J connectivity index is 2.16. The number of Topliss-reactive ketones (excluding diaryl/α,β-unsaturated/α-hetero) is 1. The summed E-state index contributed by atoms with van der Waals surface area (Å²) in [6.45, 7) is 4.65. The molecule has 0 amide bonds. The Labute approximate surface area is 127 Å². The second kappa shape index (κ2) is 7.19. The predicted octanol–water partition coefficient (Wildman–Crippen LogP) is 4.16. The predicted molar refractivity (Wildman–Crippen MR) is 88.2 cm³/mol. The molecule has 0 bridgehead atoms. The minimum Gasteiger partial charge on any atom is -0.330 e. The lowest BCUT2D eigenvalue weighted by Crippen LogP contribution is -2.25. The van der Waals surface area contributed by atoms with Gasteiger partial charge in [0, 0.05) is 18.0 Å². The number of hydrogen-bond acceptors (Lipinski definition) is 2.